The average molecular weight is 359 g/mol. The molecule has 0 bridgehead atoms. The maximum Gasteiger partial charge on any atom is 0.586 e. The van der Waals surface area contributed by atoms with E-state index < -0.39 is 12.2 Å². The van der Waals surface area contributed by atoms with E-state index in [1.165, 1.54) is 18.2 Å². The van der Waals surface area contributed by atoms with Crippen LogP contribution in [0.1, 0.15) is 21.7 Å². The fourth-order valence-corrected chi connectivity index (χ4v) is 2.49. The number of anilines is 1. The third-order valence-corrected chi connectivity index (χ3v) is 3.60. The summed E-state index contributed by atoms with van der Waals surface area (Å²) in [6, 6.07) is 10.9. The summed E-state index contributed by atoms with van der Waals surface area (Å²) in [4.78, 5) is 12.4. The van der Waals surface area contributed by atoms with Gasteiger partial charge in [-0.05, 0) is 35.9 Å². The zero-order chi connectivity index (χ0) is 18.1. The molecule has 0 fully saturated rings. The van der Waals surface area contributed by atoms with Crippen molar-refractivity contribution in [1.29, 1.82) is 0 Å². The highest BCUT2D eigenvalue weighted by molar-refractivity contribution is 6.04. The standard InChI is InChI=1S/C16H11F2N5O3/c17-16(18)25-12-5-4-10(8-13(12)26-16)15(24)19-11-3-1-2-9(6-11)7-14-20-22-23-21-14/h1-6,8H,7H2,(H,19,24)(H,20,21,22,23). The second-order valence-electron chi connectivity index (χ2n) is 5.49. The van der Waals surface area contributed by atoms with Gasteiger partial charge in [0.15, 0.2) is 17.3 Å². The van der Waals surface area contributed by atoms with Crippen molar-refractivity contribution >= 4 is 11.6 Å². The number of halogens is 2. The molecule has 0 saturated carbocycles. The molecule has 1 aliphatic rings. The van der Waals surface area contributed by atoms with Crippen LogP contribution in [0.15, 0.2) is 42.5 Å². The zero-order valence-electron chi connectivity index (χ0n) is 13.1. The van der Waals surface area contributed by atoms with Crippen molar-refractivity contribution in [2.45, 2.75) is 12.7 Å². The highest BCUT2D eigenvalue weighted by Gasteiger charge is 2.43. The van der Waals surface area contributed by atoms with E-state index in [1.807, 2.05) is 6.07 Å². The lowest BCUT2D eigenvalue weighted by molar-refractivity contribution is -0.286. The summed E-state index contributed by atoms with van der Waals surface area (Å²) in [5.74, 6) is -0.254. The van der Waals surface area contributed by atoms with E-state index in [0.717, 1.165) is 5.56 Å². The van der Waals surface area contributed by atoms with Gasteiger partial charge in [0.2, 0.25) is 0 Å². The molecule has 4 rings (SSSR count). The van der Waals surface area contributed by atoms with E-state index in [0.29, 0.717) is 17.9 Å². The van der Waals surface area contributed by atoms with E-state index in [-0.39, 0.29) is 17.1 Å². The molecule has 0 atom stereocenters. The molecule has 132 valence electrons. The Morgan fingerprint density at radius 3 is 2.81 bits per heavy atom. The topological polar surface area (TPSA) is 102 Å². The third kappa shape index (κ3) is 3.29. The summed E-state index contributed by atoms with van der Waals surface area (Å²) in [7, 11) is 0. The van der Waals surface area contributed by atoms with Gasteiger partial charge in [-0.15, -0.1) is 19.0 Å². The highest BCUT2D eigenvalue weighted by atomic mass is 19.3. The Labute approximate surface area is 145 Å². The Bertz CT molecular complexity index is 962. The molecule has 2 N–H and O–H groups in total. The first-order chi connectivity index (χ1) is 12.5. The maximum absolute atomic E-state index is 13.1. The van der Waals surface area contributed by atoms with Gasteiger partial charge in [-0.25, -0.2) is 0 Å². The van der Waals surface area contributed by atoms with Crippen LogP contribution in [0.2, 0.25) is 0 Å². The lowest BCUT2D eigenvalue weighted by Gasteiger charge is -2.07. The number of carbonyl (C=O) groups excluding carboxylic acids is 1. The highest BCUT2D eigenvalue weighted by Crippen LogP contribution is 2.41. The number of rotatable bonds is 4. The number of benzene rings is 2. The number of carbonyl (C=O) groups is 1. The Morgan fingerprint density at radius 2 is 2.00 bits per heavy atom. The van der Waals surface area contributed by atoms with Crippen LogP contribution < -0.4 is 14.8 Å². The summed E-state index contributed by atoms with van der Waals surface area (Å²) in [5, 5.41) is 16.3. The van der Waals surface area contributed by atoms with Crippen molar-refractivity contribution in [2.24, 2.45) is 0 Å². The summed E-state index contributed by atoms with van der Waals surface area (Å²) in [6.07, 6.45) is -3.28. The minimum Gasteiger partial charge on any atom is -0.395 e. The molecule has 0 spiro atoms. The molecule has 26 heavy (non-hydrogen) atoms. The number of nitrogens with one attached hydrogen (secondary N) is 2. The number of amides is 1. The summed E-state index contributed by atoms with van der Waals surface area (Å²) >= 11 is 0. The van der Waals surface area contributed by atoms with Gasteiger partial charge in [0.1, 0.15) is 0 Å². The number of fused-ring (bicyclic) bond motifs is 1. The Balaban J connectivity index is 1.49. The van der Waals surface area contributed by atoms with Crippen LogP contribution in [0.4, 0.5) is 14.5 Å². The van der Waals surface area contributed by atoms with Crippen LogP contribution in [0.25, 0.3) is 0 Å². The van der Waals surface area contributed by atoms with Crippen molar-refractivity contribution in [2.75, 3.05) is 5.32 Å². The number of aromatic nitrogens is 4. The second-order valence-corrected chi connectivity index (χ2v) is 5.49. The number of alkyl halides is 2. The maximum atomic E-state index is 13.1. The van der Waals surface area contributed by atoms with E-state index in [1.54, 1.807) is 18.2 Å². The fraction of sp³-hybridized carbons (Fsp3) is 0.125. The van der Waals surface area contributed by atoms with E-state index in [9.17, 15) is 13.6 Å². The predicted octanol–water partition coefficient (Wildman–Crippen LogP) is 2.36. The number of tetrazole rings is 1. The van der Waals surface area contributed by atoms with Crippen LogP contribution in [-0.2, 0) is 6.42 Å². The van der Waals surface area contributed by atoms with Crippen molar-refractivity contribution in [3.8, 4) is 11.5 Å². The number of ether oxygens (including phenoxy) is 2. The van der Waals surface area contributed by atoms with E-state index in [2.05, 4.69) is 35.4 Å². The monoisotopic (exact) mass is 359 g/mol. The first-order valence-electron chi connectivity index (χ1n) is 7.51. The molecule has 1 aromatic heterocycles. The van der Waals surface area contributed by atoms with Gasteiger partial charge in [0, 0.05) is 17.7 Å². The molecule has 2 aromatic carbocycles. The van der Waals surface area contributed by atoms with Gasteiger partial charge in [-0.1, -0.05) is 17.3 Å². The Kier molecular flexibility index (Phi) is 3.72. The van der Waals surface area contributed by atoms with E-state index >= 15 is 0 Å². The SMILES string of the molecule is O=C(Nc1cccc(Cc2nn[nH]n2)c1)c1ccc2c(c1)OC(F)(F)O2. The van der Waals surface area contributed by atoms with Crippen molar-refractivity contribution in [1.82, 2.24) is 20.6 Å². The van der Waals surface area contributed by atoms with Gasteiger partial charge < -0.3 is 14.8 Å². The van der Waals surface area contributed by atoms with Crippen LogP contribution in [0, 0.1) is 0 Å². The Morgan fingerprint density at radius 1 is 1.15 bits per heavy atom. The van der Waals surface area contributed by atoms with Gasteiger partial charge in [-0.3, -0.25) is 4.79 Å². The molecular formula is C16H11F2N5O3. The lowest BCUT2D eigenvalue weighted by atomic mass is 10.1. The minimum atomic E-state index is -3.72. The van der Waals surface area contributed by atoms with Crippen molar-refractivity contribution in [3.63, 3.8) is 0 Å². The molecule has 0 unspecified atom stereocenters. The lowest BCUT2D eigenvalue weighted by Crippen LogP contribution is -2.25. The number of aromatic amines is 1. The number of hydrogen-bond acceptors (Lipinski definition) is 6. The molecule has 0 radical (unpaired) electrons. The van der Waals surface area contributed by atoms with Crippen molar-refractivity contribution < 1.29 is 23.0 Å². The molecule has 0 saturated heterocycles. The largest absolute Gasteiger partial charge is 0.586 e. The van der Waals surface area contributed by atoms with Crippen LogP contribution in [-0.4, -0.2) is 32.8 Å². The first-order valence-corrected chi connectivity index (χ1v) is 7.51. The zero-order valence-corrected chi connectivity index (χ0v) is 13.1. The number of hydrogen-bond donors (Lipinski definition) is 2. The van der Waals surface area contributed by atoms with Gasteiger partial charge in [0.25, 0.3) is 5.91 Å². The van der Waals surface area contributed by atoms with Gasteiger partial charge >= 0.3 is 6.29 Å². The molecular weight excluding hydrogens is 348 g/mol. The summed E-state index contributed by atoms with van der Waals surface area (Å²) in [6.45, 7) is 0. The minimum absolute atomic E-state index is 0.117. The van der Waals surface area contributed by atoms with Crippen LogP contribution >= 0.6 is 0 Å². The van der Waals surface area contributed by atoms with Gasteiger partial charge in [-0.2, -0.15) is 5.21 Å². The smallest absolute Gasteiger partial charge is 0.395 e. The first kappa shape index (κ1) is 15.9. The third-order valence-electron chi connectivity index (χ3n) is 3.60. The normalized spacial score (nSPS) is 14.2. The second kappa shape index (κ2) is 6.06. The predicted molar refractivity (Wildman–Crippen MR) is 84.0 cm³/mol. The molecule has 10 heteroatoms. The molecule has 1 aliphatic heterocycles. The van der Waals surface area contributed by atoms with Crippen molar-refractivity contribution in [3.05, 3.63) is 59.4 Å². The quantitative estimate of drug-likeness (QED) is 0.741. The Hall–Kier alpha value is -3.56. The fourth-order valence-electron chi connectivity index (χ4n) is 2.49. The molecule has 3 aromatic rings. The average Bonchev–Trinajstić information content (AvgIpc) is 3.19. The summed E-state index contributed by atoms with van der Waals surface area (Å²) < 4.78 is 34.8. The molecule has 2 heterocycles. The molecule has 0 aliphatic carbocycles. The van der Waals surface area contributed by atoms with Crippen LogP contribution in [0.3, 0.4) is 0 Å². The van der Waals surface area contributed by atoms with Gasteiger partial charge in [0.05, 0.1) is 0 Å². The molecule has 1 amide bonds. The van der Waals surface area contributed by atoms with E-state index in [4.69, 9.17) is 0 Å². The number of nitrogens with zero attached hydrogens (tertiary/aromatic N) is 3. The number of H-pyrrole nitrogens is 1. The van der Waals surface area contributed by atoms with Crippen LogP contribution in [0.5, 0.6) is 11.5 Å². The summed E-state index contributed by atoms with van der Waals surface area (Å²) in [5.41, 5.74) is 1.57. The molecule has 8 nitrogen and oxygen atoms in total.